The van der Waals surface area contributed by atoms with E-state index < -0.39 is 0 Å². The normalized spacial score (nSPS) is 10.6. The van der Waals surface area contributed by atoms with Crippen LogP contribution in [0.3, 0.4) is 0 Å². The Morgan fingerprint density at radius 3 is 2.81 bits per heavy atom. The number of thioether (sulfide) groups is 1. The van der Waals surface area contributed by atoms with Gasteiger partial charge in [-0.25, -0.2) is 0 Å². The summed E-state index contributed by atoms with van der Waals surface area (Å²) in [7, 11) is 1.54. The van der Waals surface area contributed by atoms with Crippen LogP contribution in [0.5, 0.6) is 5.75 Å². The monoisotopic (exact) mass is 388 g/mol. The van der Waals surface area contributed by atoms with E-state index in [0.29, 0.717) is 21.6 Å². The number of ether oxygens (including phenoxy) is 1. The minimum Gasteiger partial charge on any atom is -0.495 e. The van der Waals surface area contributed by atoms with Gasteiger partial charge in [0.2, 0.25) is 5.91 Å². The van der Waals surface area contributed by atoms with Crippen LogP contribution >= 0.6 is 23.4 Å². The molecule has 0 saturated carbocycles. The number of carbonyl (C=O) groups excluding carboxylic acids is 1. The number of rotatable bonds is 6. The molecule has 2 aromatic carbocycles. The minimum absolute atomic E-state index is 0.169. The topological polar surface area (TPSA) is 69.0 Å². The summed E-state index contributed by atoms with van der Waals surface area (Å²) in [5, 5.41) is 12.1. The van der Waals surface area contributed by atoms with Crippen LogP contribution in [0.25, 0.3) is 5.69 Å². The van der Waals surface area contributed by atoms with Crippen molar-refractivity contribution in [3.8, 4) is 11.4 Å². The highest BCUT2D eigenvalue weighted by Gasteiger charge is 2.13. The number of methoxy groups -OCH3 is 1. The number of amides is 1. The lowest BCUT2D eigenvalue weighted by atomic mass is 10.2. The summed E-state index contributed by atoms with van der Waals surface area (Å²) in [6, 6.07) is 13.2. The van der Waals surface area contributed by atoms with E-state index in [1.54, 1.807) is 18.5 Å². The van der Waals surface area contributed by atoms with Gasteiger partial charge in [0.1, 0.15) is 12.1 Å². The van der Waals surface area contributed by atoms with Crippen molar-refractivity contribution in [1.29, 1.82) is 0 Å². The fraction of sp³-hybridized carbons (Fsp3) is 0.167. The number of hydrogen-bond acceptors (Lipinski definition) is 5. The highest BCUT2D eigenvalue weighted by molar-refractivity contribution is 7.99. The lowest BCUT2D eigenvalue weighted by molar-refractivity contribution is -0.113. The fourth-order valence-electron chi connectivity index (χ4n) is 2.33. The van der Waals surface area contributed by atoms with Crippen molar-refractivity contribution >= 4 is 35.0 Å². The van der Waals surface area contributed by atoms with Crippen molar-refractivity contribution in [3.63, 3.8) is 0 Å². The zero-order chi connectivity index (χ0) is 18.5. The predicted molar refractivity (Wildman–Crippen MR) is 103 cm³/mol. The van der Waals surface area contributed by atoms with Gasteiger partial charge in [-0.1, -0.05) is 41.6 Å². The number of aryl methyl sites for hydroxylation is 1. The van der Waals surface area contributed by atoms with Crippen molar-refractivity contribution < 1.29 is 9.53 Å². The van der Waals surface area contributed by atoms with E-state index in [2.05, 4.69) is 15.5 Å². The zero-order valence-corrected chi connectivity index (χ0v) is 15.8. The molecule has 0 fully saturated rings. The van der Waals surface area contributed by atoms with E-state index in [-0.39, 0.29) is 11.7 Å². The second kappa shape index (κ2) is 8.25. The summed E-state index contributed by atoms with van der Waals surface area (Å²) in [5.74, 6) is 0.542. The van der Waals surface area contributed by atoms with Gasteiger partial charge in [0, 0.05) is 16.8 Å². The van der Waals surface area contributed by atoms with Crippen LogP contribution in [0.4, 0.5) is 5.69 Å². The summed E-state index contributed by atoms with van der Waals surface area (Å²) in [4.78, 5) is 12.3. The number of para-hydroxylation sites is 1. The van der Waals surface area contributed by atoms with Crippen LogP contribution in [0.2, 0.25) is 5.02 Å². The van der Waals surface area contributed by atoms with Gasteiger partial charge in [-0.05, 0) is 30.7 Å². The largest absolute Gasteiger partial charge is 0.495 e. The highest BCUT2D eigenvalue weighted by atomic mass is 35.5. The molecule has 8 heteroatoms. The Morgan fingerprint density at radius 2 is 2.08 bits per heavy atom. The molecule has 134 valence electrons. The number of carbonyl (C=O) groups is 1. The van der Waals surface area contributed by atoms with Crippen LogP contribution in [0.15, 0.2) is 53.9 Å². The number of halogens is 1. The maximum absolute atomic E-state index is 12.3. The maximum atomic E-state index is 12.3. The van der Waals surface area contributed by atoms with Gasteiger partial charge < -0.3 is 10.1 Å². The van der Waals surface area contributed by atoms with Crippen molar-refractivity contribution in [3.05, 3.63) is 59.4 Å². The first-order valence-corrected chi connectivity index (χ1v) is 9.17. The third-order valence-electron chi connectivity index (χ3n) is 3.64. The summed E-state index contributed by atoms with van der Waals surface area (Å²) >= 11 is 7.40. The molecule has 6 nitrogen and oxygen atoms in total. The quantitative estimate of drug-likeness (QED) is 0.647. The molecule has 0 aliphatic heterocycles. The molecule has 3 aromatic rings. The van der Waals surface area contributed by atoms with Crippen molar-refractivity contribution in [1.82, 2.24) is 14.8 Å². The summed E-state index contributed by atoms with van der Waals surface area (Å²) in [5.41, 5.74) is 2.39. The molecular formula is C18H17ClN4O2S. The Bertz CT molecular complexity index is 915. The Balaban J connectivity index is 1.68. The van der Waals surface area contributed by atoms with Crippen molar-refractivity contribution in [2.75, 3.05) is 18.2 Å². The first-order chi connectivity index (χ1) is 12.6. The molecule has 0 unspecified atom stereocenters. The average molecular weight is 389 g/mol. The predicted octanol–water partition coefficient (Wildman–Crippen LogP) is 3.97. The molecule has 1 heterocycles. The Morgan fingerprint density at radius 1 is 1.31 bits per heavy atom. The van der Waals surface area contributed by atoms with Crippen LogP contribution in [0.1, 0.15) is 5.56 Å². The first kappa shape index (κ1) is 18.3. The van der Waals surface area contributed by atoms with Crippen molar-refractivity contribution in [2.24, 2.45) is 0 Å². The highest BCUT2D eigenvalue weighted by Crippen LogP contribution is 2.31. The number of nitrogens with one attached hydrogen (secondary N) is 1. The van der Waals surface area contributed by atoms with Crippen LogP contribution in [-0.2, 0) is 4.79 Å². The molecular weight excluding hydrogens is 372 g/mol. The number of benzene rings is 2. The first-order valence-electron chi connectivity index (χ1n) is 7.80. The molecule has 0 radical (unpaired) electrons. The van der Waals surface area contributed by atoms with Crippen LogP contribution in [0, 0.1) is 6.92 Å². The summed E-state index contributed by atoms with van der Waals surface area (Å²) in [6.07, 6.45) is 1.63. The van der Waals surface area contributed by atoms with Crippen LogP contribution in [-0.4, -0.2) is 33.5 Å². The molecule has 26 heavy (non-hydrogen) atoms. The summed E-state index contributed by atoms with van der Waals surface area (Å²) < 4.78 is 7.12. The number of nitrogens with zero attached hydrogens (tertiary/aromatic N) is 3. The molecule has 0 saturated heterocycles. The van der Waals surface area contributed by atoms with E-state index in [1.165, 1.54) is 18.9 Å². The van der Waals surface area contributed by atoms with Gasteiger partial charge in [-0.2, -0.15) is 0 Å². The second-order valence-electron chi connectivity index (χ2n) is 5.46. The second-order valence-corrected chi connectivity index (χ2v) is 6.81. The fourth-order valence-corrected chi connectivity index (χ4v) is 3.22. The van der Waals surface area contributed by atoms with Gasteiger partial charge in [-0.3, -0.25) is 9.36 Å². The lowest BCUT2D eigenvalue weighted by Gasteiger charge is -2.12. The van der Waals surface area contributed by atoms with Gasteiger partial charge in [0.15, 0.2) is 5.16 Å². The van der Waals surface area contributed by atoms with Crippen molar-refractivity contribution in [2.45, 2.75) is 12.1 Å². The Labute approximate surface area is 160 Å². The molecule has 1 amide bonds. The number of aromatic nitrogens is 3. The summed E-state index contributed by atoms with van der Waals surface area (Å²) in [6.45, 7) is 1.87. The molecule has 0 aliphatic carbocycles. The van der Waals surface area contributed by atoms with Gasteiger partial charge in [-0.15, -0.1) is 10.2 Å². The van der Waals surface area contributed by atoms with E-state index in [1.807, 2.05) is 41.8 Å². The minimum atomic E-state index is -0.169. The molecule has 3 rings (SSSR count). The molecule has 1 N–H and O–H groups in total. The van der Waals surface area contributed by atoms with E-state index in [4.69, 9.17) is 16.3 Å². The Kier molecular flexibility index (Phi) is 5.80. The SMILES string of the molecule is COc1cc(Cl)c(C)cc1NC(=O)CSc1nncn1-c1ccccc1. The van der Waals surface area contributed by atoms with E-state index >= 15 is 0 Å². The van der Waals surface area contributed by atoms with Gasteiger partial charge >= 0.3 is 0 Å². The molecule has 0 spiro atoms. The molecule has 0 atom stereocenters. The Hall–Kier alpha value is -2.51. The third kappa shape index (κ3) is 4.17. The van der Waals surface area contributed by atoms with Gasteiger partial charge in [0.05, 0.1) is 18.6 Å². The average Bonchev–Trinajstić information content (AvgIpc) is 3.12. The zero-order valence-electron chi connectivity index (χ0n) is 14.3. The molecule has 0 aliphatic rings. The third-order valence-corrected chi connectivity index (χ3v) is 4.99. The van der Waals surface area contributed by atoms with Gasteiger partial charge in [0.25, 0.3) is 0 Å². The standard InChI is InChI=1S/C18H17ClN4O2S/c1-12-8-15(16(25-2)9-14(12)19)21-17(24)10-26-18-22-20-11-23(18)13-6-4-3-5-7-13/h3-9,11H,10H2,1-2H3,(H,21,24). The van der Waals surface area contributed by atoms with E-state index in [0.717, 1.165) is 11.3 Å². The van der Waals surface area contributed by atoms with Crippen LogP contribution < -0.4 is 10.1 Å². The molecule has 0 bridgehead atoms. The maximum Gasteiger partial charge on any atom is 0.234 e. The number of anilines is 1. The smallest absolute Gasteiger partial charge is 0.234 e. The number of hydrogen-bond donors (Lipinski definition) is 1. The lowest BCUT2D eigenvalue weighted by Crippen LogP contribution is -2.15. The molecule has 1 aromatic heterocycles. The van der Waals surface area contributed by atoms with E-state index in [9.17, 15) is 4.79 Å².